The standard InChI is InChI=1S/C16H15BrN2O2S/c1-2-10-7-11(17)3-5-13(10)19-16(22)18-12-4-6-14-15(8-12)21-9-20-14/h3-8H,2,9H2,1H3,(H2,18,19,22). The number of rotatable bonds is 3. The molecule has 4 nitrogen and oxygen atoms in total. The number of nitrogens with one attached hydrogen (secondary N) is 2. The second-order valence-electron chi connectivity index (χ2n) is 4.80. The van der Waals surface area contributed by atoms with Crippen molar-refractivity contribution in [2.24, 2.45) is 0 Å². The third-order valence-electron chi connectivity index (χ3n) is 3.33. The number of halogens is 1. The summed E-state index contributed by atoms with van der Waals surface area (Å²) in [6.45, 7) is 2.38. The number of ether oxygens (including phenoxy) is 2. The van der Waals surface area contributed by atoms with Crippen LogP contribution in [0.2, 0.25) is 0 Å². The largest absolute Gasteiger partial charge is 0.454 e. The van der Waals surface area contributed by atoms with Crippen molar-refractivity contribution in [2.75, 3.05) is 17.4 Å². The number of aryl methyl sites for hydroxylation is 1. The van der Waals surface area contributed by atoms with Gasteiger partial charge in [-0.05, 0) is 54.5 Å². The zero-order valence-corrected chi connectivity index (χ0v) is 14.4. The first-order valence-electron chi connectivity index (χ1n) is 6.92. The fraction of sp³-hybridized carbons (Fsp3) is 0.188. The number of anilines is 2. The van der Waals surface area contributed by atoms with E-state index in [4.69, 9.17) is 21.7 Å². The predicted octanol–water partition coefficient (Wildman–Crippen LogP) is 4.55. The molecule has 0 aromatic heterocycles. The smallest absolute Gasteiger partial charge is 0.231 e. The van der Waals surface area contributed by atoms with E-state index in [2.05, 4.69) is 39.6 Å². The number of thiocarbonyl (C=S) groups is 1. The molecule has 1 aliphatic rings. The molecule has 0 saturated heterocycles. The molecule has 2 aromatic rings. The van der Waals surface area contributed by atoms with Crippen LogP contribution in [0.25, 0.3) is 0 Å². The lowest BCUT2D eigenvalue weighted by atomic mass is 10.1. The molecular formula is C16H15BrN2O2S. The van der Waals surface area contributed by atoms with E-state index in [0.717, 1.165) is 33.8 Å². The molecule has 1 heterocycles. The van der Waals surface area contributed by atoms with Gasteiger partial charge in [0.15, 0.2) is 16.6 Å². The monoisotopic (exact) mass is 378 g/mol. The molecule has 0 spiro atoms. The maximum absolute atomic E-state index is 5.38. The van der Waals surface area contributed by atoms with Crippen LogP contribution in [0.5, 0.6) is 11.5 Å². The summed E-state index contributed by atoms with van der Waals surface area (Å²) in [4.78, 5) is 0. The maximum Gasteiger partial charge on any atom is 0.231 e. The van der Waals surface area contributed by atoms with Crippen LogP contribution in [-0.4, -0.2) is 11.9 Å². The molecule has 0 saturated carbocycles. The third-order valence-corrected chi connectivity index (χ3v) is 4.02. The normalized spacial score (nSPS) is 12.1. The molecule has 6 heteroatoms. The van der Waals surface area contributed by atoms with Crippen LogP contribution in [0.4, 0.5) is 11.4 Å². The van der Waals surface area contributed by atoms with Gasteiger partial charge in [-0.25, -0.2) is 0 Å². The van der Waals surface area contributed by atoms with Gasteiger partial charge in [-0.15, -0.1) is 0 Å². The third kappa shape index (κ3) is 3.34. The molecule has 0 fully saturated rings. The zero-order chi connectivity index (χ0) is 15.5. The molecule has 3 rings (SSSR count). The molecule has 2 aromatic carbocycles. The Morgan fingerprint density at radius 3 is 2.77 bits per heavy atom. The van der Waals surface area contributed by atoms with Crippen LogP contribution < -0.4 is 20.1 Å². The summed E-state index contributed by atoms with van der Waals surface area (Å²) in [5, 5.41) is 6.93. The van der Waals surface area contributed by atoms with E-state index in [1.54, 1.807) is 0 Å². The van der Waals surface area contributed by atoms with Gasteiger partial charge in [-0.3, -0.25) is 0 Å². The van der Waals surface area contributed by atoms with Gasteiger partial charge in [0, 0.05) is 21.9 Å². The van der Waals surface area contributed by atoms with Crippen molar-refractivity contribution in [3.8, 4) is 11.5 Å². The van der Waals surface area contributed by atoms with Gasteiger partial charge in [0.2, 0.25) is 6.79 Å². The Morgan fingerprint density at radius 2 is 1.95 bits per heavy atom. The van der Waals surface area contributed by atoms with Gasteiger partial charge < -0.3 is 20.1 Å². The Morgan fingerprint density at radius 1 is 1.14 bits per heavy atom. The van der Waals surface area contributed by atoms with Crippen LogP contribution in [-0.2, 0) is 6.42 Å². The molecule has 22 heavy (non-hydrogen) atoms. The summed E-state index contributed by atoms with van der Waals surface area (Å²) >= 11 is 8.86. The van der Waals surface area contributed by atoms with E-state index in [1.165, 1.54) is 5.56 Å². The van der Waals surface area contributed by atoms with Crippen LogP contribution in [0.1, 0.15) is 12.5 Å². The molecule has 1 aliphatic heterocycles. The molecule has 0 atom stereocenters. The Bertz CT molecular complexity index is 721. The van der Waals surface area contributed by atoms with Crippen molar-refractivity contribution in [3.05, 3.63) is 46.4 Å². The van der Waals surface area contributed by atoms with Crippen LogP contribution in [0, 0.1) is 0 Å². The lowest BCUT2D eigenvalue weighted by Crippen LogP contribution is -2.19. The first-order valence-corrected chi connectivity index (χ1v) is 8.12. The highest BCUT2D eigenvalue weighted by molar-refractivity contribution is 9.10. The molecule has 2 N–H and O–H groups in total. The highest BCUT2D eigenvalue weighted by Crippen LogP contribution is 2.34. The Kier molecular flexibility index (Phi) is 4.49. The molecule has 0 unspecified atom stereocenters. The summed E-state index contributed by atoms with van der Waals surface area (Å²) in [7, 11) is 0. The average molecular weight is 379 g/mol. The summed E-state index contributed by atoms with van der Waals surface area (Å²) in [5.74, 6) is 1.48. The highest BCUT2D eigenvalue weighted by Gasteiger charge is 2.13. The zero-order valence-electron chi connectivity index (χ0n) is 12.0. The van der Waals surface area contributed by atoms with Crippen molar-refractivity contribution in [2.45, 2.75) is 13.3 Å². The van der Waals surface area contributed by atoms with Crippen molar-refractivity contribution in [1.29, 1.82) is 0 Å². The number of benzene rings is 2. The van der Waals surface area contributed by atoms with Gasteiger partial charge in [0.1, 0.15) is 0 Å². The van der Waals surface area contributed by atoms with E-state index >= 15 is 0 Å². The SMILES string of the molecule is CCc1cc(Br)ccc1NC(=S)Nc1ccc2c(c1)OCO2. The number of fused-ring (bicyclic) bond motifs is 1. The van der Waals surface area contributed by atoms with Gasteiger partial charge in [0.05, 0.1) is 0 Å². The maximum atomic E-state index is 5.38. The Labute approximate surface area is 142 Å². The lowest BCUT2D eigenvalue weighted by molar-refractivity contribution is 0.174. The molecule has 114 valence electrons. The van der Waals surface area contributed by atoms with Crippen LogP contribution in [0.3, 0.4) is 0 Å². The van der Waals surface area contributed by atoms with Crippen LogP contribution in [0.15, 0.2) is 40.9 Å². The molecule has 0 radical (unpaired) electrons. The summed E-state index contributed by atoms with van der Waals surface area (Å²) < 4.78 is 11.7. The minimum atomic E-state index is 0.264. The molecule has 0 aliphatic carbocycles. The average Bonchev–Trinajstić information content (AvgIpc) is 2.96. The predicted molar refractivity (Wildman–Crippen MR) is 95.9 cm³/mol. The van der Waals surface area contributed by atoms with E-state index in [0.29, 0.717) is 5.11 Å². The van der Waals surface area contributed by atoms with E-state index in [-0.39, 0.29) is 6.79 Å². The highest BCUT2D eigenvalue weighted by atomic mass is 79.9. The molecule has 0 amide bonds. The van der Waals surface area contributed by atoms with Crippen molar-refractivity contribution in [3.63, 3.8) is 0 Å². The van der Waals surface area contributed by atoms with Gasteiger partial charge >= 0.3 is 0 Å². The topological polar surface area (TPSA) is 42.5 Å². The van der Waals surface area contributed by atoms with Crippen LogP contribution >= 0.6 is 28.1 Å². The minimum absolute atomic E-state index is 0.264. The Balaban J connectivity index is 1.70. The number of hydrogen-bond donors (Lipinski definition) is 2. The quantitative estimate of drug-likeness (QED) is 0.766. The van der Waals surface area contributed by atoms with Crippen molar-refractivity contribution < 1.29 is 9.47 Å². The fourth-order valence-electron chi connectivity index (χ4n) is 2.24. The minimum Gasteiger partial charge on any atom is -0.454 e. The van der Waals surface area contributed by atoms with Crippen molar-refractivity contribution >= 4 is 44.6 Å². The van der Waals surface area contributed by atoms with Gasteiger partial charge in [0.25, 0.3) is 0 Å². The first-order chi connectivity index (χ1) is 10.7. The second kappa shape index (κ2) is 6.54. The molecular weight excluding hydrogens is 364 g/mol. The Hall–Kier alpha value is -1.79. The number of hydrogen-bond acceptors (Lipinski definition) is 3. The van der Waals surface area contributed by atoms with Gasteiger partial charge in [-0.2, -0.15) is 0 Å². The lowest BCUT2D eigenvalue weighted by Gasteiger charge is -2.14. The van der Waals surface area contributed by atoms with E-state index in [9.17, 15) is 0 Å². The summed E-state index contributed by atoms with van der Waals surface area (Å²) in [6.07, 6.45) is 0.925. The second-order valence-corrected chi connectivity index (χ2v) is 6.13. The van der Waals surface area contributed by atoms with E-state index in [1.807, 2.05) is 30.3 Å². The summed E-state index contributed by atoms with van der Waals surface area (Å²) in [5.41, 5.74) is 3.06. The fourth-order valence-corrected chi connectivity index (χ4v) is 2.87. The van der Waals surface area contributed by atoms with Crippen molar-refractivity contribution in [1.82, 2.24) is 0 Å². The molecule has 0 bridgehead atoms. The first kappa shape index (κ1) is 15.1. The summed E-state index contributed by atoms with van der Waals surface area (Å²) in [6, 6.07) is 11.7. The van der Waals surface area contributed by atoms with Gasteiger partial charge in [-0.1, -0.05) is 22.9 Å². The van der Waals surface area contributed by atoms with E-state index < -0.39 is 0 Å².